The van der Waals surface area contributed by atoms with E-state index in [9.17, 15) is 12.8 Å². The van der Waals surface area contributed by atoms with Crippen LogP contribution in [0.4, 0.5) is 10.2 Å². The monoisotopic (exact) mass is 549 g/mol. The average Bonchev–Trinajstić information content (AvgIpc) is 3.57. The number of piperazine rings is 1. The lowest BCUT2D eigenvalue weighted by atomic mass is 10.0. The van der Waals surface area contributed by atoms with Gasteiger partial charge in [-0.25, -0.2) is 22.8 Å². The van der Waals surface area contributed by atoms with Crippen LogP contribution in [0.25, 0.3) is 0 Å². The van der Waals surface area contributed by atoms with E-state index in [2.05, 4.69) is 9.80 Å². The zero-order valence-corrected chi connectivity index (χ0v) is 22.5. The zero-order valence-electron chi connectivity index (χ0n) is 21.7. The number of aliphatic imine (C=N–C) groups is 1. The summed E-state index contributed by atoms with van der Waals surface area (Å²) in [5.41, 5.74) is 1.86. The second kappa shape index (κ2) is 9.71. The summed E-state index contributed by atoms with van der Waals surface area (Å²) in [5.74, 6) is 2.31. The highest BCUT2D eigenvalue weighted by atomic mass is 32.2. The Morgan fingerprint density at radius 3 is 2.46 bits per heavy atom. The number of hydrogen-bond acceptors (Lipinski definition) is 8. The van der Waals surface area contributed by atoms with Crippen LogP contribution in [0.5, 0.6) is 0 Å². The number of nitrogens with zero attached hydrogens (tertiary/aromatic N) is 7. The fourth-order valence-corrected chi connectivity index (χ4v) is 7.88. The molecule has 7 rings (SSSR count). The van der Waals surface area contributed by atoms with Gasteiger partial charge in [-0.3, -0.25) is 4.99 Å². The second-order valence-corrected chi connectivity index (χ2v) is 13.0. The zero-order chi connectivity index (χ0) is 26.6. The van der Waals surface area contributed by atoms with Crippen molar-refractivity contribution in [2.24, 2.45) is 10.1 Å². The standard InChI is InChI=1S/C28H32FN7O2S/c29-21-5-1-4-20(18-21)24-7-3-13-35(24)28-12-11-26-30-19-25(36(26)32-28)23-6-2-8-27(31-23)33-14-16-34(17-15-33)39(37,38)22-9-10-22/h1-2,4-6,8,11-12,18,22,24-25H,3,7,9-10,13-17,19H2. The molecule has 0 bridgehead atoms. The molecule has 0 radical (unpaired) electrons. The Morgan fingerprint density at radius 1 is 0.872 bits per heavy atom. The average molecular weight is 550 g/mol. The van der Waals surface area contributed by atoms with Gasteiger partial charge in [-0.15, -0.1) is 0 Å². The van der Waals surface area contributed by atoms with E-state index >= 15 is 0 Å². The number of halogens is 1. The van der Waals surface area contributed by atoms with Gasteiger partial charge in [-0.2, -0.15) is 9.41 Å². The number of benzene rings is 1. The summed E-state index contributed by atoms with van der Waals surface area (Å²) in [6.45, 7) is 3.67. The number of sulfonamides is 1. The number of hydrazone groups is 1. The third-order valence-corrected chi connectivity index (χ3v) is 10.7. The molecule has 39 heavy (non-hydrogen) atoms. The minimum absolute atomic E-state index is 0.0903. The lowest BCUT2D eigenvalue weighted by Gasteiger charge is -2.35. The van der Waals surface area contributed by atoms with Gasteiger partial charge in [0.2, 0.25) is 10.0 Å². The predicted octanol–water partition coefficient (Wildman–Crippen LogP) is 3.31. The molecule has 9 nitrogen and oxygen atoms in total. The first kappa shape index (κ1) is 24.7. The van der Waals surface area contributed by atoms with E-state index in [0.29, 0.717) is 32.7 Å². The molecule has 2 saturated heterocycles. The summed E-state index contributed by atoms with van der Waals surface area (Å²) in [7, 11) is -3.14. The van der Waals surface area contributed by atoms with E-state index in [0.717, 1.165) is 61.0 Å². The lowest BCUT2D eigenvalue weighted by Crippen LogP contribution is -2.49. The molecule has 0 amide bonds. The molecule has 204 valence electrons. The molecule has 1 saturated carbocycles. The van der Waals surface area contributed by atoms with Crippen molar-refractivity contribution < 1.29 is 12.8 Å². The van der Waals surface area contributed by atoms with Crippen molar-refractivity contribution in [2.75, 3.05) is 44.2 Å². The maximum atomic E-state index is 14.0. The predicted molar refractivity (Wildman–Crippen MR) is 149 cm³/mol. The number of pyridine rings is 1. The Balaban J connectivity index is 1.08. The number of likely N-dealkylation sites (tertiary alicyclic amines) is 1. The number of fused-ring (bicyclic) bond motifs is 1. The molecule has 2 atom stereocenters. The van der Waals surface area contributed by atoms with Crippen LogP contribution in [0.1, 0.15) is 49.0 Å². The maximum Gasteiger partial charge on any atom is 0.217 e. The Hall–Kier alpha value is -3.31. The number of aromatic nitrogens is 1. The second-order valence-electron chi connectivity index (χ2n) is 10.8. The van der Waals surface area contributed by atoms with Crippen LogP contribution >= 0.6 is 0 Å². The van der Waals surface area contributed by atoms with E-state index in [4.69, 9.17) is 15.1 Å². The van der Waals surface area contributed by atoms with Gasteiger partial charge in [0, 0.05) is 32.7 Å². The molecule has 1 aromatic carbocycles. The topological polar surface area (TPSA) is 84.7 Å². The van der Waals surface area contributed by atoms with Crippen LogP contribution in [-0.2, 0) is 10.0 Å². The molecular formula is C28H32FN7O2S. The van der Waals surface area contributed by atoms with Crippen LogP contribution in [-0.4, -0.2) is 83.8 Å². The van der Waals surface area contributed by atoms with Crippen molar-refractivity contribution in [1.29, 1.82) is 0 Å². The Kier molecular flexibility index (Phi) is 6.15. The van der Waals surface area contributed by atoms with Crippen molar-refractivity contribution in [1.82, 2.24) is 19.2 Å². The van der Waals surface area contributed by atoms with Gasteiger partial charge in [0.15, 0.2) is 0 Å². The summed E-state index contributed by atoms with van der Waals surface area (Å²) in [6.07, 6.45) is 7.57. The minimum Gasteiger partial charge on any atom is -0.354 e. The number of anilines is 1. The summed E-state index contributed by atoms with van der Waals surface area (Å²) in [5, 5.41) is 6.81. The van der Waals surface area contributed by atoms with Crippen molar-refractivity contribution in [2.45, 2.75) is 43.0 Å². The van der Waals surface area contributed by atoms with Crippen molar-refractivity contribution in [3.8, 4) is 0 Å². The van der Waals surface area contributed by atoms with Crippen molar-refractivity contribution >= 4 is 27.5 Å². The normalized spacial score (nSPS) is 25.6. The fourth-order valence-electron chi connectivity index (χ4n) is 6.06. The Morgan fingerprint density at radius 2 is 1.67 bits per heavy atom. The Bertz CT molecular complexity index is 1460. The van der Waals surface area contributed by atoms with Crippen molar-refractivity contribution in [3.05, 3.63) is 71.7 Å². The van der Waals surface area contributed by atoms with Gasteiger partial charge in [-0.1, -0.05) is 18.2 Å². The van der Waals surface area contributed by atoms with Crippen LogP contribution in [0, 0.1) is 5.82 Å². The summed E-state index contributed by atoms with van der Waals surface area (Å²) in [6, 6.07) is 12.8. The first-order chi connectivity index (χ1) is 19.0. The molecule has 4 aliphatic heterocycles. The van der Waals surface area contributed by atoms with Gasteiger partial charge in [0.1, 0.15) is 29.3 Å². The molecule has 1 aromatic heterocycles. The van der Waals surface area contributed by atoms with Crippen molar-refractivity contribution in [3.63, 3.8) is 0 Å². The van der Waals surface area contributed by atoms with Gasteiger partial charge in [0.05, 0.1) is 23.5 Å². The number of hydrogen-bond donors (Lipinski definition) is 0. The quantitative estimate of drug-likeness (QED) is 0.569. The van der Waals surface area contributed by atoms with Gasteiger partial charge in [0.25, 0.3) is 0 Å². The highest BCUT2D eigenvalue weighted by molar-refractivity contribution is 7.90. The molecule has 3 fully saturated rings. The van der Waals surface area contributed by atoms with E-state index in [1.54, 1.807) is 16.4 Å². The van der Waals surface area contributed by atoms with E-state index in [-0.39, 0.29) is 23.2 Å². The maximum absolute atomic E-state index is 14.0. The van der Waals surface area contributed by atoms with Gasteiger partial charge in [-0.05, 0) is 67.7 Å². The highest BCUT2D eigenvalue weighted by Gasteiger charge is 2.41. The smallest absolute Gasteiger partial charge is 0.217 e. The molecule has 0 spiro atoms. The van der Waals surface area contributed by atoms with E-state index in [1.165, 1.54) is 6.07 Å². The summed E-state index contributed by atoms with van der Waals surface area (Å²) < 4.78 is 40.9. The molecule has 2 unspecified atom stereocenters. The first-order valence-electron chi connectivity index (χ1n) is 13.8. The molecular weight excluding hydrogens is 517 g/mol. The largest absolute Gasteiger partial charge is 0.354 e. The molecule has 0 N–H and O–H groups in total. The molecule has 5 heterocycles. The highest BCUT2D eigenvalue weighted by Crippen LogP contribution is 2.36. The van der Waals surface area contributed by atoms with Crippen LogP contribution in [0.15, 0.2) is 64.7 Å². The number of amidine groups is 2. The summed E-state index contributed by atoms with van der Waals surface area (Å²) >= 11 is 0. The van der Waals surface area contributed by atoms with E-state index < -0.39 is 10.0 Å². The fraction of sp³-hybridized carbons (Fsp3) is 0.464. The third-order valence-electron chi connectivity index (χ3n) is 8.29. The van der Waals surface area contributed by atoms with E-state index in [1.807, 2.05) is 41.4 Å². The van der Waals surface area contributed by atoms with Gasteiger partial charge < -0.3 is 9.80 Å². The molecule has 11 heteroatoms. The summed E-state index contributed by atoms with van der Waals surface area (Å²) in [4.78, 5) is 14.1. The molecule has 1 aliphatic carbocycles. The lowest BCUT2D eigenvalue weighted by molar-refractivity contribution is 0.336. The van der Waals surface area contributed by atoms with Gasteiger partial charge >= 0.3 is 0 Å². The number of rotatable bonds is 5. The molecule has 2 aromatic rings. The minimum atomic E-state index is -3.14. The van der Waals surface area contributed by atoms with Crippen LogP contribution in [0.2, 0.25) is 0 Å². The van der Waals surface area contributed by atoms with Crippen LogP contribution in [0.3, 0.4) is 0 Å². The SMILES string of the molecule is O=S(=O)(C1CC1)N1CCN(c2cccc(C3CN=C4C=CC(N5CCCC5c5cccc(F)c5)=NN43)n2)CC1. The van der Waals surface area contributed by atoms with Crippen LogP contribution < -0.4 is 4.90 Å². The third kappa shape index (κ3) is 4.61. The molecule has 5 aliphatic rings. The Labute approximate surface area is 228 Å². The first-order valence-corrected chi connectivity index (χ1v) is 15.3.